The zero-order chi connectivity index (χ0) is 12.5. The van der Waals surface area contributed by atoms with Gasteiger partial charge in [0.1, 0.15) is 5.82 Å². The van der Waals surface area contributed by atoms with Crippen LogP contribution in [0, 0.1) is 17.1 Å². The molecule has 0 bridgehead atoms. The van der Waals surface area contributed by atoms with Crippen molar-refractivity contribution in [3.05, 3.63) is 24.0 Å². The number of fused-ring (bicyclic) bond motifs is 1. The number of benzene rings is 1. The highest BCUT2D eigenvalue weighted by Crippen LogP contribution is 2.30. The van der Waals surface area contributed by atoms with Gasteiger partial charge in [0.2, 0.25) is 0 Å². The highest BCUT2D eigenvalue weighted by molar-refractivity contribution is 7.91. The topological polar surface area (TPSA) is 70.0 Å². The van der Waals surface area contributed by atoms with Gasteiger partial charge < -0.3 is 5.32 Å². The Kier molecular flexibility index (Phi) is 3.03. The first-order valence-corrected chi connectivity index (χ1v) is 6.84. The summed E-state index contributed by atoms with van der Waals surface area (Å²) >= 11 is 0. The number of anilines is 1. The molecule has 0 saturated carbocycles. The van der Waals surface area contributed by atoms with Crippen LogP contribution in [0.3, 0.4) is 0 Å². The van der Waals surface area contributed by atoms with Crippen LogP contribution < -0.4 is 5.32 Å². The lowest BCUT2D eigenvalue weighted by Crippen LogP contribution is -2.34. The van der Waals surface area contributed by atoms with E-state index in [4.69, 9.17) is 5.26 Å². The largest absolute Gasteiger partial charge is 0.380 e. The first-order valence-electron chi connectivity index (χ1n) is 5.19. The van der Waals surface area contributed by atoms with Gasteiger partial charge in [0.05, 0.1) is 22.4 Å². The average Bonchev–Trinajstić information content (AvgIpc) is 2.27. The van der Waals surface area contributed by atoms with Gasteiger partial charge in [-0.15, -0.1) is 0 Å². The number of sulfone groups is 1. The molecular weight excluding hydrogens is 243 g/mol. The smallest absolute Gasteiger partial charge is 0.182 e. The molecule has 6 heteroatoms. The van der Waals surface area contributed by atoms with Crippen LogP contribution in [0.15, 0.2) is 23.1 Å². The van der Waals surface area contributed by atoms with Crippen LogP contribution in [0.5, 0.6) is 0 Å². The molecule has 1 unspecified atom stereocenters. The lowest BCUT2D eigenvalue weighted by Gasteiger charge is -2.26. The Bertz CT molecular complexity index is 578. The third kappa shape index (κ3) is 2.39. The molecule has 0 amide bonds. The number of hydrogen-bond acceptors (Lipinski definition) is 4. The van der Waals surface area contributed by atoms with Crippen LogP contribution >= 0.6 is 0 Å². The normalized spacial score (nSPS) is 21.1. The van der Waals surface area contributed by atoms with E-state index in [2.05, 4.69) is 5.32 Å². The summed E-state index contributed by atoms with van der Waals surface area (Å²) in [6, 6.07) is 5.36. The summed E-state index contributed by atoms with van der Waals surface area (Å²) in [5, 5.41) is 11.5. The summed E-state index contributed by atoms with van der Waals surface area (Å²) < 4.78 is 36.8. The maximum Gasteiger partial charge on any atom is 0.182 e. The van der Waals surface area contributed by atoms with Crippen molar-refractivity contribution in [2.24, 2.45) is 0 Å². The Hall–Kier alpha value is -1.61. The van der Waals surface area contributed by atoms with Crippen LogP contribution in [-0.2, 0) is 9.84 Å². The molecule has 0 saturated heterocycles. The third-order valence-electron chi connectivity index (χ3n) is 2.66. The van der Waals surface area contributed by atoms with E-state index < -0.39 is 15.7 Å². The molecule has 4 nitrogen and oxygen atoms in total. The summed E-state index contributed by atoms with van der Waals surface area (Å²) in [5.41, 5.74) is 0.417. The molecule has 0 aliphatic carbocycles. The van der Waals surface area contributed by atoms with Crippen LogP contribution in [0.2, 0.25) is 0 Å². The molecule has 90 valence electrons. The number of rotatable bonds is 2. The molecule has 0 radical (unpaired) electrons. The predicted molar refractivity (Wildman–Crippen MR) is 60.7 cm³/mol. The van der Waals surface area contributed by atoms with Gasteiger partial charge in [-0.05, 0) is 24.6 Å². The van der Waals surface area contributed by atoms with Crippen LogP contribution in [-0.4, -0.2) is 20.2 Å². The van der Waals surface area contributed by atoms with Crippen molar-refractivity contribution in [3.8, 4) is 6.07 Å². The lowest BCUT2D eigenvalue weighted by atomic mass is 10.1. The van der Waals surface area contributed by atoms with E-state index in [1.807, 2.05) is 6.07 Å². The fourth-order valence-corrected chi connectivity index (χ4v) is 3.60. The van der Waals surface area contributed by atoms with Crippen LogP contribution in [0.25, 0.3) is 0 Å². The minimum atomic E-state index is -3.46. The van der Waals surface area contributed by atoms with Crippen molar-refractivity contribution in [1.82, 2.24) is 0 Å². The Morgan fingerprint density at radius 1 is 1.53 bits per heavy atom. The second-order valence-electron chi connectivity index (χ2n) is 3.96. The van der Waals surface area contributed by atoms with Crippen molar-refractivity contribution in [2.75, 3.05) is 11.1 Å². The first-order chi connectivity index (χ1) is 8.03. The van der Waals surface area contributed by atoms with E-state index in [9.17, 15) is 12.8 Å². The van der Waals surface area contributed by atoms with E-state index >= 15 is 0 Å². The summed E-state index contributed by atoms with van der Waals surface area (Å²) in [7, 11) is -3.46. The summed E-state index contributed by atoms with van der Waals surface area (Å²) in [4.78, 5) is 0.00528. The van der Waals surface area contributed by atoms with Crippen LogP contribution in [0.4, 0.5) is 10.1 Å². The Morgan fingerprint density at radius 2 is 2.29 bits per heavy atom. The van der Waals surface area contributed by atoms with E-state index in [0.29, 0.717) is 18.5 Å². The van der Waals surface area contributed by atoms with Crippen molar-refractivity contribution in [3.63, 3.8) is 0 Å². The van der Waals surface area contributed by atoms with Crippen molar-refractivity contribution in [1.29, 1.82) is 5.26 Å². The highest BCUT2D eigenvalue weighted by Gasteiger charge is 2.29. The fraction of sp³-hybridized carbons (Fsp3) is 0.364. The van der Waals surface area contributed by atoms with Gasteiger partial charge in [0.25, 0.3) is 0 Å². The number of nitrogens with zero attached hydrogens (tertiary/aromatic N) is 1. The zero-order valence-corrected chi connectivity index (χ0v) is 9.80. The highest BCUT2D eigenvalue weighted by atomic mass is 32.2. The average molecular weight is 254 g/mol. The van der Waals surface area contributed by atoms with E-state index in [0.717, 1.165) is 6.07 Å². The molecule has 0 spiro atoms. The Balaban J connectivity index is 2.35. The third-order valence-corrected chi connectivity index (χ3v) is 4.51. The van der Waals surface area contributed by atoms with Crippen molar-refractivity contribution >= 4 is 15.5 Å². The number of hydrogen-bond donors (Lipinski definition) is 1. The minimum absolute atomic E-state index is 0.00528. The van der Waals surface area contributed by atoms with E-state index in [1.165, 1.54) is 12.1 Å². The van der Waals surface area contributed by atoms with Gasteiger partial charge in [0, 0.05) is 12.5 Å². The molecule has 0 fully saturated rings. The van der Waals surface area contributed by atoms with Crippen molar-refractivity contribution < 1.29 is 12.8 Å². The second-order valence-corrected chi connectivity index (χ2v) is 5.96. The number of halogens is 1. The quantitative estimate of drug-likeness (QED) is 0.872. The molecule has 0 aromatic heterocycles. The predicted octanol–water partition coefficient (Wildman–Crippen LogP) is 1.70. The zero-order valence-electron chi connectivity index (χ0n) is 8.98. The molecule has 17 heavy (non-hydrogen) atoms. The van der Waals surface area contributed by atoms with Gasteiger partial charge in [-0.1, -0.05) is 0 Å². The summed E-state index contributed by atoms with van der Waals surface area (Å²) in [6.07, 6.45) is 0.760. The van der Waals surface area contributed by atoms with Crippen LogP contribution in [0.1, 0.15) is 12.8 Å². The number of nitrogens with one attached hydrogen (secondary N) is 1. The minimum Gasteiger partial charge on any atom is -0.380 e. The van der Waals surface area contributed by atoms with Crippen molar-refractivity contribution in [2.45, 2.75) is 23.8 Å². The SMILES string of the molecule is N#CCCC1CS(=O)(=O)c2cc(F)ccc2N1. The van der Waals surface area contributed by atoms with E-state index in [-0.39, 0.29) is 16.7 Å². The van der Waals surface area contributed by atoms with Gasteiger partial charge >= 0.3 is 0 Å². The molecule has 1 N–H and O–H groups in total. The lowest BCUT2D eigenvalue weighted by molar-refractivity contribution is 0.576. The summed E-state index contributed by atoms with van der Waals surface area (Å²) in [5.74, 6) is -0.657. The molecule has 1 aliphatic rings. The van der Waals surface area contributed by atoms with Gasteiger partial charge in [-0.2, -0.15) is 5.26 Å². The fourth-order valence-electron chi connectivity index (χ4n) is 1.88. The summed E-state index contributed by atoms with van der Waals surface area (Å²) in [6.45, 7) is 0. The Labute approximate surface area is 99.0 Å². The number of nitriles is 1. The molecule has 1 aromatic carbocycles. The Morgan fingerprint density at radius 3 is 3.00 bits per heavy atom. The molecule has 1 aromatic rings. The molecule has 1 atom stereocenters. The van der Waals surface area contributed by atoms with Gasteiger partial charge in [0.15, 0.2) is 9.84 Å². The molecular formula is C11H11FN2O2S. The van der Waals surface area contributed by atoms with E-state index in [1.54, 1.807) is 0 Å². The molecule has 1 heterocycles. The molecule has 1 aliphatic heterocycles. The first kappa shape index (κ1) is 11.9. The van der Waals surface area contributed by atoms with Gasteiger partial charge in [-0.3, -0.25) is 0 Å². The maximum atomic E-state index is 13.0. The standard InChI is InChI=1S/C11H11FN2O2S/c12-8-3-4-10-11(6-8)17(15,16)7-9(14-10)2-1-5-13/h3-4,6,9,14H,1-2,7H2. The molecule has 2 rings (SSSR count). The monoisotopic (exact) mass is 254 g/mol. The maximum absolute atomic E-state index is 13.0. The second kappa shape index (κ2) is 4.34. The van der Waals surface area contributed by atoms with Gasteiger partial charge in [-0.25, -0.2) is 12.8 Å².